The Hall–Kier alpha value is -0.0400. The summed E-state index contributed by atoms with van der Waals surface area (Å²) < 4.78 is 0. The Bertz CT molecular complexity index is 101. The Kier molecular flexibility index (Phi) is 8.53. The monoisotopic (exact) mass is 185 g/mol. The molecular weight excluding hydrogens is 160 g/mol. The van der Waals surface area contributed by atoms with Crippen LogP contribution in [-0.2, 0) is 0 Å². The van der Waals surface area contributed by atoms with Crippen molar-refractivity contribution in [2.45, 2.75) is 64.9 Å². The first kappa shape index (κ1) is 13.0. The molecule has 0 aliphatic rings. The summed E-state index contributed by atoms with van der Waals surface area (Å²) in [7, 11) is 0. The molecule has 79 valence electrons. The van der Waals surface area contributed by atoms with Gasteiger partial charge in [0, 0.05) is 0 Å². The summed E-state index contributed by atoms with van der Waals surface area (Å²) in [5, 5.41) is 9.73. The van der Waals surface area contributed by atoms with Crippen molar-refractivity contribution in [3.05, 3.63) is 6.92 Å². The van der Waals surface area contributed by atoms with Gasteiger partial charge in [0.25, 0.3) is 0 Å². The average Bonchev–Trinajstić information content (AvgIpc) is 2.16. The van der Waals surface area contributed by atoms with E-state index < -0.39 is 0 Å². The van der Waals surface area contributed by atoms with E-state index in [0.717, 1.165) is 12.8 Å². The predicted octanol–water partition coefficient (Wildman–Crippen LogP) is 3.57. The Labute approximate surface area is 83.5 Å². The Morgan fingerprint density at radius 3 is 2.31 bits per heavy atom. The summed E-state index contributed by atoms with van der Waals surface area (Å²) in [5.41, 5.74) is 0. The van der Waals surface area contributed by atoms with Gasteiger partial charge in [-0.3, -0.25) is 0 Å². The van der Waals surface area contributed by atoms with Gasteiger partial charge in [0.2, 0.25) is 0 Å². The standard InChI is InChI=1S/C12H25O/c1-4-7-8-10-11(9-5-2)12(13)6-3/h11-13H,1,4-10H2,2-3H3. The number of hydrogen-bond donors (Lipinski definition) is 1. The Morgan fingerprint density at radius 1 is 1.15 bits per heavy atom. The number of aliphatic hydroxyl groups is 1. The van der Waals surface area contributed by atoms with E-state index in [9.17, 15) is 5.11 Å². The smallest absolute Gasteiger partial charge is 0.0565 e. The SMILES string of the molecule is [CH2]CCCCC(CCC)C(O)CC. The first-order valence-electron chi connectivity index (χ1n) is 5.73. The highest BCUT2D eigenvalue weighted by Gasteiger charge is 2.15. The van der Waals surface area contributed by atoms with E-state index in [1.54, 1.807) is 0 Å². The second-order valence-corrected chi connectivity index (χ2v) is 3.87. The van der Waals surface area contributed by atoms with E-state index >= 15 is 0 Å². The zero-order valence-electron chi connectivity index (χ0n) is 9.26. The van der Waals surface area contributed by atoms with Crippen molar-refractivity contribution >= 4 is 0 Å². The van der Waals surface area contributed by atoms with E-state index in [0.29, 0.717) is 5.92 Å². The molecule has 0 rings (SSSR count). The molecule has 0 aromatic heterocycles. The van der Waals surface area contributed by atoms with Crippen molar-refractivity contribution in [1.29, 1.82) is 0 Å². The van der Waals surface area contributed by atoms with Gasteiger partial charge in [-0.1, -0.05) is 46.5 Å². The van der Waals surface area contributed by atoms with Gasteiger partial charge in [0.05, 0.1) is 6.10 Å². The van der Waals surface area contributed by atoms with Crippen molar-refractivity contribution in [1.82, 2.24) is 0 Å². The molecule has 0 bridgehead atoms. The van der Waals surface area contributed by atoms with Gasteiger partial charge >= 0.3 is 0 Å². The second kappa shape index (κ2) is 8.55. The maximum atomic E-state index is 9.73. The third-order valence-electron chi connectivity index (χ3n) is 2.70. The van der Waals surface area contributed by atoms with E-state index in [4.69, 9.17) is 0 Å². The molecule has 0 aliphatic heterocycles. The average molecular weight is 185 g/mol. The third-order valence-corrected chi connectivity index (χ3v) is 2.70. The second-order valence-electron chi connectivity index (χ2n) is 3.87. The molecule has 0 saturated carbocycles. The van der Waals surface area contributed by atoms with Crippen molar-refractivity contribution in [2.75, 3.05) is 0 Å². The van der Waals surface area contributed by atoms with Gasteiger partial charge in [-0.15, -0.1) is 0 Å². The fourth-order valence-electron chi connectivity index (χ4n) is 1.82. The van der Waals surface area contributed by atoms with Crippen LogP contribution in [0.5, 0.6) is 0 Å². The van der Waals surface area contributed by atoms with Crippen LogP contribution >= 0.6 is 0 Å². The summed E-state index contributed by atoms with van der Waals surface area (Å²) in [6.45, 7) is 8.09. The van der Waals surface area contributed by atoms with Gasteiger partial charge in [-0.05, 0) is 25.2 Å². The van der Waals surface area contributed by atoms with E-state index in [1.807, 2.05) is 0 Å². The maximum absolute atomic E-state index is 9.73. The highest BCUT2D eigenvalue weighted by Crippen LogP contribution is 2.21. The minimum absolute atomic E-state index is 0.0789. The van der Waals surface area contributed by atoms with E-state index in [-0.39, 0.29) is 6.10 Å². The van der Waals surface area contributed by atoms with Crippen LogP contribution in [0.2, 0.25) is 0 Å². The summed E-state index contributed by atoms with van der Waals surface area (Å²) in [6, 6.07) is 0. The Morgan fingerprint density at radius 2 is 1.85 bits per heavy atom. The molecule has 0 saturated heterocycles. The van der Waals surface area contributed by atoms with Crippen LogP contribution in [0.4, 0.5) is 0 Å². The van der Waals surface area contributed by atoms with Crippen LogP contribution in [0, 0.1) is 12.8 Å². The molecule has 0 aromatic carbocycles. The zero-order valence-corrected chi connectivity index (χ0v) is 9.26. The largest absolute Gasteiger partial charge is 0.393 e. The summed E-state index contributed by atoms with van der Waals surface area (Å²) in [4.78, 5) is 0. The molecule has 13 heavy (non-hydrogen) atoms. The third kappa shape index (κ3) is 6.09. The van der Waals surface area contributed by atoms with Crippen LogP contribution in [-0.4, -0.2) is 11.2 Å². The molecule has 1 nitrogen and oxygen atoms in total. The van der Waals surface area contributed by atoms with Crippen molar-refractivity contribution in [2.24, 2.45) is 5.92 Å². The molecule has 0 amide bonds. The highest BCUT2D eigenvalue weighted by atomic mass is 16.3. The van der Waals surface area contributed by atoms with Crippen molar-refractivity contribution in [3.8, 4) is 0 Å². The fraction of sp³-hybridized carbons (Fsp3) is 0.917. The van der Waals surface area contributed by atoms with Gasteiger partial charge in [-0.25, -0.2) is 0 Å². The van der Waals surface area contributed by atoms with Crippen LogP contribution in [0.25, 0.3) is 0 Å². The van der Waals surface area contributed by atoms with Crippen molar-refractivity contribution < 1.29 is 5.11 Å². The molecular formula is C12H25O. The molecule has 1 heteroatoms. The van der Waals surface area contributed by atoms with Gasteiger partial charge in [0.15, 0.2) is 0 Å². The fourth-order valence-corrected chi connectivity index (χ4v) is 1.82. The lowest BCUT2D eigenvalue weighted by Gasteiger charge is -2.21. The van der Waals surface area contributed by atoms with E-state index in [2.05, 4.69) is 20.8 Å². The van der Waals surface area contributed by atoms with Crippen molar-refractivity contribution in [3.63, 3.8) is 0 Å². The minimum atomic E-state index is -0.0789. The minimum Gasteiger partial charge on any atom is -0.393 e. The lowest BCUT2D eigenvalue weighted by atomic mass is 9.90. The number of hydrogen-bond acceptors (Lipinski definition) is 1. The molecule has 0 fully saturated rings. The first-order valence-corrected chi connectivity index (χ1v) is 5.73. The number of unbranched alkanes of at least 4 members (excludes halogenated alkanes) is 2. The molecule has 1 radical (unpaired) electrons. The predicted molar refractivity (Wildman–Crippen MR) is 58.5 cm³/mol. The molecule has 1 N–H and O–H groups in total. The Balaban J connectivity index is 3.65. The quantitative estimate of drug-likeness (QED) is 0.573. The normalized spacial score (nSPS) is 15.7. The summed E-state index contributed by atoms with van der Waals surface area (Å²) >= 11 is 0. The molecule has 0 aliphatic carbocycles. The molecule has 0 heterocycles. The topological polar surface area (TPSA) is 20.2 Å². The lowest BCUT2D eigenvalue weighted by molar-refractivity contribution is 0.0915. The summed E-state index contributed by atoms with van der Waals surface area (Å²) in [5.74, 6) is 0.529. The molecule has 0 spiro atoms. The number of aliphatic hydroxyl groups excluding tert-OH is 1. The van der Waals surface area contributed by atoms with Crippen LogP contribution in [0.15, 0.2) is 0 Å². The maximum Gasteiger partial charge on any atom is 0.0565 e. The highest BCUT2D eigenvalue weighted by molar-refractivity contribution is 4.67. The van der Waals surface area contributed by atoms with Crippen LogP contribution in [0.3, 0.4) is 0 Å². The lowest BCUT2D eigenvalue weighted by Crippen LogP contribution is -2.19. The first-order chi connectivity index (χ1) is 6.26. The summed E-state index contributed by atoms with van der Waals surface area (Å²) in [6.07, 6.45) is 7.82. The number of rotatable bonds is 8. The van der Waals surface area contributed by atoms with Crippen LogP contribution in [0.1, 0.15) is 58.8 Å². The van der Waals surface area contributed by atoms with Gasteiger partial charge < -0.3 is 5.11 Å². The van der Waals surface area contributed by atoms with E-state index in [1.165, 1.54) is 32.1 Å². The van der Waals surface area contributed by atoms with Crippen LogP contribution < -0.4 is 0 Å². The zero-order chi connectivity index (χ0) is 10.1. The molecule has 0 aromatic rings. The van der Waals surface area contributed by atoms with Gasteiger partial charge in [0.1, 0.15) is 0 Å². The molecule has 2 unspecified atom stereocenters. The molecule has 2 atom stereocenters. The van der Waals surface area contributed by atoms with Gasteiger partial charge in [-0.2, -0.15) is 0 Å².